The average Bonchev–Trinajstić information content (AvgIpc) is 2.95. The zero-order valence-corrected chi connectivity index (χ0v) is 12.5. The number of amides is 1. The molecule has 2 N–H and O–H groups in total. The molecule has 1 amide bonds. The molecule has 1 saturated heterocycles. The van der Waals surface area contributed by atoms with Crippen molar-refractivity contribution in [2.24, 2.45) is 5.73 Å². The number of carbonyl (C=O) groups excluding carboxylic acids is 1. The van der Waals surface area contributed by atoms with Gasteiger partial charge in [0.15, 0.2) is 0 Å². The lowest BCUT2D eigenvalue weighted by Gasteiger charge is -2.23. The molecule has 1 aromatic rings. The van der Waals surface area contributed by atoms with Gasteiger partial charge in [-0.3, -0.25) is 4.79 Å². The lowest BCUT2D eigenvalue weighted by Crippen LogP contribution is -2.44. The predicted octanol–water partition coefficient (Wildman–Crippen LogP) is 1.11. The molecule has 1 unspecified atom stereocenters. The third-order valence-electron chi connectivity index (χ3n) is 4.11. The minimum atomic E-state index is -0.379. The van der Waals surface area contributed by atoms with Crippen LogP contribution < -0.4 is 5.73 Å². The molecule has 0 saturated carbocycles. The maximum Gasteiger partial charge on any atom is 0.239 e. The molecule has 2 atom stereocenters. The summed E-state index contributed by atoms with van der Waals surface area (Å²) in [7, 11) is 4.13. The van der Waals surface area contributed by atoms with Gasteiger partial charge in [-0.15, -0.1) is 0 Å². The molecular formula is C16H25N3O. The topological polar surface area (TPSA) is 49.6 Å². The number of carbonyl (C=O) groups is 1. The molecule has 1 heterocycles. The van der Waals surface area contributed by atoms with Gasteiger partial charge in [0.05, 0.1) is 6.04 Å². The molecule has 2 rings (SSSR count). The molecule has 4 heteroatoms. The van der Waals surface area contributed by atoms with Crippen molar-refractivity contribution in [2.45, 2.75) is 31.3 Å². The zero-order valence-electron chi connectivity index (χ0n) is 12.5. The molecule has 0 spiro atoms. The van der Waals surface area contributed by atoms with Crippen molar-refractivity contribution in [3.63, 3.8) is 0 Å². The fourth-order valence-electron chi connectivity index (χ4n) is 2.69. The molecule has 110 valence electrons. The number of likely N-dealkylation sites (N-methyl/N-ethyl adjacent to an activating group) is 1. The van der Waals surface area contributed by atoms with Crippen LogP contribution in [0.15, 0.2) is 30.3 Å². The fourth-order valence-corrected chi connectivity index (χ4v) is 2.69. The van der Waals surface area contributed by atoms with Gasteiger partial charge in [0, 0.05) is 19.1 Å². The third kappa shape index (κ3) is 3.81. The summed E-state index contributed by atoms with van der Waals surface area (Å²) in [5, 5.41) is 0. The summed E-state index contributed by atoms with van der Waals surface area (Å²) in [5.74, 6) is 0.102. The molecule has 1 aromatic carbocycles. The first-order valence-corrected chi connectivity index (χ1v) is 7.32. The number of nitrogens with zero attached hydrogens (tertiary/aromatic N) is 2. The van der Waals surface area contributed by atoms with E-state index in [0.29, 0.717) is 12.5 Å². The van der Waals surface area contributed by atoms with Crippen LogP contribution in [0, 0.1) is 0 Å². The molecule has 0 radical (unpaired) electrons. The normalized spacial score (nSPS) is 20.4. The molecule has 0 aliphatic carbocycles. The van der Waals surface area contributed by atoms with Gasteiger partial charge in [-0.2, -0.15) is 0 Å². The summed E-state index contributed by atoms with van der Waals surface area (Å²) in [6, 6.07) is 10.3. The van der Waals surface area contributed by atoms with Crippen LogP contribution in [0.25, 0.3) is 0 Å². The van der Waals surface area contributed by atoms with E-state index >= 15 is 0 Å². The van der Waals surface area contributed by atoms with Crippen molar-refractivity contribution in [1.29, 1.82) is 0 Å². The van der Waals surface area contributed by atoms with Crippen LogP contribution in [-0.4, -0.2) is 55.0 Å². The fraction of sp³-hybridized carbons (Fsp3) is 0.562. The minimum absolute atomic E-state index is 0.102. The van der Waals surface area contributed by atoms with E-state index < -0.39 is 0 Å². The first-order chi connectivity index (χ1) is 9.58. The van der Waals surface area contributed by atoms with Gasteiger partial charge >= 0.3 is 0 Å². The Morgan fingerprint density at radius 3 is 2.70 bits per heavy atom. The van der Waals surface area contributed by atoms with E-state index in [1.165, 1.54) is 5.56 Å². The van der Waals surface area contributed by atoms with Gasteiger partial charge in [-0.05, 0) is 38.9 Å². The summed E-state index contributed by atoms with van der Waals surface area (Å²) >= 11 is 0. The second kappa shape index (κ2) is 6.86. The Hall–Kier alpha value is -1.39. The Morgan fingerprint density at radius 1 is 1.40 bits per heavy atom. The maximum atomic E-state index is 12.3. The summed E-state index contributed by atoms with van der Waals surface area (Å²) < 4.78 is 0. The van der Waals surface area contributed by atoms with Crippen molar-refractivity contribution in [3.8, 4) is 0 Å². The Bertz CT molecular complexity index is 433. The smallest absolute Gasteiger partial charge is 0.239 e. The molecule has 1 aliphatic rings. The Labute approximate surface area is 121 Å². The first-order valence-electron chi connectivity index (χ1n) is 7.32. The van der Waals surface area contributed by atoms with E-state index in [9.17, 15) is 4.79 Å². The second-order valence-electron chi connectivity index (χ2n) is 5.82. The number of hydrogen-bond acceptors (Lipinski definition) is 3. The minimum Gasteiger partial charge on any atom is -0.340 e. The van der Waals surface area contributed by atoms with Crippen molar-refractivity contribution >= 4 is 5.91 Å². The van der Waals surface area contributed by atoms with Crippen LogP contribution in [0.3, 0.4) is 0 Å². The number of likely N-dealkylation sites (tertiary alicyclic amines) is 1. The zero-order chi connectivity index (χ0) is 14.5. The van der Waals surface area contributed by atoms with Gasteiger partial charge in [0.1, 0.15) is 0 Å². The first kappa shape index (κ1) is 15.0. The van der Waals surface area contributed by atoms with Crippen LogP contribution in [0.2, 0.25) is 0 Å². The lowest BCUT2D eigenvalue weighted by molar-refractivity contribution is -0.131. The van der Waals surface area contributed by atoms with Crippen LogP contribution >= 0.6 is 0 Å². The van der Waals surface area contributed by atoms with Crippen LogP contribution in [0.5, 0.6) is 0 Å². The largest absolute Gasteiger partial charge is 0.340 e. The van der Waals surface area contributed by atoms with E-state index in [-0.39, 0.29) is 11.9 Å². The van der Waals surface area contributed by atoms with Gasteiger partial charge in [0.25, 0.3) is 0 Å². The van der Waals surface area contributed by atoms with Gasteiger partial charge in [-0.1, -0.05) is 30.3 Å². The average molecular weight is 275 g/mol. The Morgan fingerprint density at radius 2 is 2.10 bits per heavy atom. The van der Waals surface area contributed by atoms with Crippen molar-refractivity contribution < 1.29 is 4.79 Å². The molecule has 1 fully saturated rings. The number of aryl methyl sites for hydroxylation is 1. The van der Waals surface area contributed by atoms with Gasteiger partial charge < -0.3 is 15.5 Å². The highest BCUT2D eigenvalue weighted by molar-refractivity contribution is 5.82. The summed E-state index contributed by atoms with van der Waals surface area (Å²) in [5.41, 5.74) is 7.30. The Balaban J connectivity index is 1.81. The molecular weight excluding hydrogens is 250 g/mol. The van der Waals surface area contributed by atoms with Crippen molar-refractivity contribution in [2.75, 3.05) is 27.2 Å². The number of nitrogens with two attached hydrogens (primary N) is 1. The summed E-state index contributed by atoms with van der Waals surface area (Å²) in [4.78, 5) is 16.4. The SMILES string of the molecule is CN(C)C1CCN(C(=O)[C@@H](N)CCc2ccccc2)C1. The van der Waals surface area contributed by atoms with Crippen LogP contribution in [0.1, 0.15) is 18.4 Å². The lowest BCUT2D eigenvalue weighted by atomic mass is 10.1. The summed E-state index contributed by atoms with van der Waals surface area (Å²) in [6.07, 6.45) is 2.62. The summed E-state index contributed by atoms with van der Waals surface area (Å²) in [6.45, 7) is 1.64. The second-order valence-corrected chi connectivity index (χ2v) is 5.82. The highest BCUT2D eigenvalue weighted by Crippen LogP contribution is 2.15. The number of benzene rings is 1. The highest BCUT2D eigenvalue weighted by Gasteiger charge is 2.29. The van der Waals surface area contributed by atoms with E-state index in [1.54, 1.807) is 0 Å². The number of hydrogen-bond donors (Lipinski definition) is 1. The Kier molecular flexibility index (Phi) is 5.15. The maximum absolute atomic E-state index is 12.3. The van der Waals surface area contributed by atoms with E-state index in [0.717, 1.165) is 25.9 Å². The molecule has 0 aromatic heterocycles. The van der Waals surface area contributed by atoms with E-state index in [4.69, 9.17) is 5.73 Å². The third-order valence-corrected chi connectivity index (χ3v) is 4.11. The molecule has 20 heavy (non-hydrogen) atoms. The quantitative estimate of drug-likeness (QED) is 0.876. The monoisotopic (exact) mass is 275 g/mol. The van der Waals surface area contributed by atoms with Gasteiger partial charge in [0.2, 0.25) is 5.91 Å². The van der Waals surface area contributed by atoms with Crippen LogP contribution in [-0.2, 0) is 11.2 Å². The van der Waals surface area contributed by atoms with Gasteiger partial charge in [-0.25, -0.2) is 0 Å². The molecule has 4 nitrogen and oxygen atoms in total. The van der Waals surface area contributed by atoms with Crippen LogP contribution in [0.4, 0.5) is 0 Å². The van der Waals surface area contributed by atoms with Crippen molar-refractivity contribution in [3.05, 3.63) is 35.9 Å². The highest BCUT2D eigenvalue weighted by atomic mass is 16.2. The van der Waals surface area contributed by atoms with E-state index in [2.05, 4.69) is 31.1 Å². The van der Waals surface area contributed by atoms with Crippen molar-refractivity contribution in [1.82, 2.24) is 9.80 Å². The molecule has 0 bridgehead atoms. The standard InChI is InChI=1S/C16H25N3O/c1-18(2)14-10-11-19(12-14)16(20)15(17)9-8-13-6-4-3-5-7-13/h3-7,14-15H,8-12,17H2,1-2H3/t14?,15-/m0/s1. The number of rotatable bonds is 5. The molecule has 1 aliphatic heterocycles. The van der Waals surface area contributed by atoms with E-state index in [1.807, 2.05) is 23.1 Å². The predicted molar refractivity (Wildman–Crippen MR) is 81.4 cm³/mol.